The predicted octanol–water partition coefficient (Wildman–Crippen LogP) is 2.11. The molecule has 7 nitrogen and oxygen atoms in total. The second-order valence-electron chi connectivity index (χ2n) is 6.26. The second kappa shape index (κ2) is 7.25. The molecule has 0 saturated heterocycles. The van der Waals surface area contributed by atoms with Gasteiger partial charge in [0.15, 0.2) is 5.69 Å². The highest BCUT2D eigenvalue weighted by molar-refractivity contribution is 5.95. The van der Waals surface area contributed by atoms with E-state index in [4.69, 9.17) is 0 Å². The lowest BCUT2D eigenvalue weighted by Crippen LogP contribution is -2.42. The Morgan fingerprint density at radius 3 is 2.38 bits per heavy atom. The third-order valence-electron chi connectivity index (χ3n) is 3.70. The topological polar surface area (TPSA) is 97.1 Å². The van der Waals surface area contributed by atoms with Gasteiger partial charge in [0.25, 0.3) is 5.91 Å². The number of amides is 1. The molecular weight excluding hydrogens is 308 g/mol. The third-order valence-corrected chi connectivity index (χ3v) is 3.70. The van der Waals surface area contributed by atoms with E-state index in [1.54, 1.807) is 11.6 Å². The summed E-state index contributed by atoms with van der Waals surface area (Å²) in [5.74, 6) is -1.43. The Labute approximate surface area is 140 Å². The van der Waals surface area contributed by atoms with Crippen molar-refractivity contribution in [3.05, 3.63) is 41.2 Å². The van der Waals surface area contributed by atoms with Crippen molar-refractivity contribution in [3.8, 4) is 5.69 Å². The van der Waals surface area contributed by atoms with Crippen LogP contribution in [0.2, 0.25) is 0 Å². The maximum Gasteiger partial charge on any atom is 0.326 e. The maximum absolute atomic E-state index is 12.4. The fraction of sp³-hybridized carbons (Fsp3) is 0.412. The van der Waals surface area contributed by atoms with Gasteiger partial charge in [0.1, 0.15) is 6.04 Å². The first kappa shape index (κ1) is 17.7. The van der Waals surface area contributed by atoms with Crippen LogP contribution in [0, 0.1) is 19.8 Å². The van der Waals surface area contributed by atoms with E-state index in [1.165, 1.54) is 0 Å². The zero-order valence-corrected chi connectivity index (χ0v) is 14.3. The Morgan fingerprint density at radius 1 is 1.21 bits per heavy atom. The number of aromatic nitrogens is 3. The van der Waals surface area contributed by atoms with E-state index in [1.807, 2.05) is 45.0 Å². The predicted molar refractivity (Wildman–Crippen MR) is 89.2 cm³/mol. The van der Waals surface area contributed by atoms with Crippen LogP contribution >= 0.6 is 0 Å². The summed E-state index contributed by atoms with van der Waals surface area (Å²) in [7, 11) is 0. The minimum atomic E-state index is -1.05. The molecule has 0 fully saturated rings. The molecule has 2 aromatic rings. The fourth-order valence-corrected chi connectivity index (χ4v) is 2.39. The monoisotopic (exact) mass is 330 g/mol. The van der Waals surface area contributed by atoms with Crippen LogP contribution in [0.4, 0.5) is 0 Å². The normalized spacial score (nSPS) is 12.2. The number of benzene rings is 1. The van der Waals surface area contributed by atoms with Crippen LogP contribution in [-0.4, -0.2) is 38.0 Å². The van der Waals surface area contributed by atoms with E-state index in [0.29, 0.717) is 12.1 Å². The summed E-state index contributed by atoms with van der Waals surface area (Å²) in [5.41, 5.74) is 2.60. The number of hydrogen-bond acceptors (Lipinski definition) is 4. The van der Waals surface area contributed by atoms with Gasteiger partial charge in [-0.1, -0.05) is 36.8 Å². The van der Waals surface area contributed by atoms with E-state index < -0.39 is 17.9 Å². The van der Waals surface area contributed by atoms with E-state index in [2.05, 4.69) is 15.6 Å². The first-order valence-corrected chi connectivity index (χ1v) is 7.82. The number of carboxylic acids is 1. The average Bonchev–Trinajstić information content (AvgIpc) is 2.88. The van der Waals surface area contributed by atoms with Gasteiger partial charge in [-0.15, -0.1) is 5.10 Å². The number of carbonyl (C=O) groups excluding carboxylic acids is 1. The van der Waals surface area contributed by atoms with Crippen molar-refractivity contribution in [2.75, 3.05) is 0 Å². The van der Waals surface area contributed by atoms with Crippen LogP contribution in [0.1, 0.15) is 42.0 Å². The molecule has 2 N–H and O–H groups in total. The lowest BCUT2D eigenvalue weighted by Gasteiger charge is -2.15. The van der Waals surface area contributed by atoms with Crippen LogP contribution in [-0.2, 0) is 4.79 Å². The number of carboxylic acid groups (broad SMARTS) is 1. The molecule has 1 aromatic carbocycles. The molecule has 1 amide bonds. The Kier molecular flexibility index (Phi) is 5.33. The number of nitrogens with zero attached hydrogens (tertiary/aromatic N) is 3. The Balaban J connectivity index is 2.21. The highest BCUT2D eigenvalue weighted by Gasteiger charge is 2.25. The molecule has 24 heavy (non-hydrogen) atoms. The van der Waals surface area contributed by atoms with E-state index >= 15 is 0 Å². The second-order valence-corrected chi connectivity index (χ2v) is 6.26. The van der Waals surface area contributed by atoms with Crippen molar-refractivity contribution in [2.45, 2.75) is 40.2 Å². The summed E-state index contributed by atoms with van der Waals surface area (Å²) in [6, 6.07) is 6.72. The van der Waals surface area contributed by atoms with Gasteiger partial charge >= 0.3 is 5.97 Å². The molecule has 1 aromatic heterocycles. The number of carbonyl (C=O) groups is 2. The Morgan fingerprint density at radius 2 is 1.83 bits per heavy atom. The summed E-state index contributed by atoms with van der Waals surface area (Å²) in [5, 5.41) is 19.7. The lowest BCUT2D eigenvalue weighted by atomic mass is 10.0. The van der Waals surface area contributed by atoms with Crippen molar-refractivity contribution in [1.82, 2.24) is 20.3 Å². The minimum absolute atomic E-state index is 0.130. The molecule has 0 bridgehead atoms. The van der Waals surface area contributed by atoms with Gasteiger partial charge in [0.2, 0.25) is 0 Å². The number of aryl methyl sites for hydroxylation is 1. The first-order chi connectivity index (χ1) is 11.3. The first-order valence-electron chi connectivity index (χ1n) is 7.82. The van der Waals surface area contributed by atoms with E-state index in [-0.39, 0.29) is 11.6 Å². The average molecular weight is 330 g/mol. The van der Waals surface area contributed by atoms with Crippen LogP contribution in [0.3, 0.4) is 0 Å². The summed E-state index contributed by atoms with van der Waals surface area (Å²) < 4.78 is 1.56. The zero-order valence-electron chi connectivity index (χ0n) is 14.3. The quantitative estimate of drug-likeness (QED) is 0.845. The minimum Gasteiger partial charge on any atom is -0.480 e. The molecule has 0 aliphatic rings. The lowest BCUT2D eigenvalue weighted by molar-refractivity contribution is -0.139. The highest BCUT2D eigenvalue weighted by Crippen LogP contribution is 2.14. The van der Waals surface area contributed by atoms with E-state index in [9.17, 15) is 14.7 Å². The van der Waals surface area contributed by atoms with Gasteiger partial charge in [0.05, 0.1) is 11.4 Å². The van der Waals surface area contributed by atoms with Crippen molar-refractivity contribution in [1.29, 1.82) is 0 Å². The Hall–Kier alpha value is -2.70. The molecule has 0 unspecified atom stereocenters. The summed E-state index contributed by atoms with van der Waals surface area (Å²) in [6.07, 6.45) is 0.353. The third kappa shape index (κ3) is 3.98. The van der Waals surface area contributed by atoms with Gasteiger partial charge in [-0.05, 0) is 38.3 Å². The number of nitrogens with one attached hydrogen (secondary N) is 1. The fourth-order valence-electron chi connectivity index (χ4n) is 2.39. The summed E-state index contributed by atoms with van der Waals surface area (Å²) >= 11 is 0. The van der Waals surface area contributed by atoms with Gasteiger partial charge in [0, 0.05) is 0 Å². The molecule has 128 valence electrons. The highest BCUT2D eigenvalue weighted by atomic mass is 16.4. The SMILES string of the molecule is Cc1ccc(-n2nnc(C(=O)N[C@H](CC(C)C)C(=O)O)c2C)cc1. The smallest absolute Gasteiger partial charge is 0.326 e. The number of hydrogen-bond donors (Lipinski definition) is 2. The molecule has 0 aliphatic heterocycles. The molecule has 1 heterocycles. The molecule has 0 radical (unpaired) electrons. The van der Waals surface area contributed by atoms with Gasteiger partial charge < -0.3 is 10.4 Å². The van der Waals surface area contributed by atoms with E-state index in [0.717, 1.165) is 11.3 Å². The van der Waals surface area contributed by atoms with Gasteiger partial charge in [-0.25, -0.2) is 9.48 Å². The summed E-state index contributed by atoms with van der Waals surface area (Å²) in [6.45, 7) is 7.52. The Bertz CT molecular complexity index is 735. The van der Waals surface area contributed by atoms with Gasteiger partial charge in [-0.2, -0.15) is 0 Å². The molecule has 2 rings (SSSR count). The summed E-state index contributed by atoms with van der Waals surface area (Å²) in [4.78, 5) is 23.7. The largest absolute Gasteiger partial charge is 0.480 e. The van der Waals surface area contributed by atoms with Crippen LogP contribution < -0.4 is 5.32 Å². The molecule has 0 spiro atoms. The molecule has 1 atom stereocenters. The standard InChI is InChI=1S/C17H22N4O3/c1-10(2)9-14(17(23)24)18-16(22)15-12(4)21(20-19-15)13-7-5-11(3)6-8-13/h5-8,10,14H,9H2,1-4H3,(H,18,22)(H,23,24)/t14-/m1/s1. The van der Waals surface area contributed by atoms with Crippen molar-refractivity contribution in [3.63, 3.8) is 0 Å². The van der Waals surface area contributed by atoms with Crippen LogP contribution in [0.15, 0.2) is 24.3 Å². The van der Waals surface area contributed by atoms with Gasteiger partial charge in [-0.3, -0.25) is 4.79 Å². The zero-order chi connectivity index (χ0) is 17.9. The number of aliphatic carboxylic acids is 1. The van der Waals surface area contributed by atoms with Crippen molar-refractivity contribution in [2.24, 2.45) is 5.92 Å². The molecule has 0 aliphatic carbocycles. The van der Waals surface area contributed by atoms with Crippen molar-refractivity contribution < 1.29 is 14.7 Å². The molecule has 0 saturated carbocycles. The molecule has 7 heteroatoms. The van der Waals surface area contributed by atoms with Crippen LogP contribution in [0.5, 0.6) is 0 Å². The van der Waals surface area contributed by atoms with Crippen LogP contribution in [0.25, 0.3) is 5.69 Å². The number of rotatable bonds is 6. The molecular formula is C17H22N4O3. The maximum atomic E-state index is 12.4. The van der Waals surface area contributed by atoms with Crippen molar-refractivity contribution >= 4 is 11.9 Å².